The largest absolute Gasteiger partial charge is 0.373 e. The molecule has 138 valence electrons. The zero-order valence-corrected chi connectivity index (χ0v) is 16.4. The second kappa shape index (κ2) is 5.98. The van der Waals surface area contributed by atoms with E-state index in [4.69, 9.17) is 4.98 Å². The third-order valence-electron chi connectivity index (χ3n) is 4.98. The quantitative estimate of drug-likeness (QED) is 0.745. The van der Waals surface area contributed by atoms with Crippen molar-refractivity contribution in [1.82, 2.24) is 14.5 Å². The van der Waals surface area contributed by atoms with Crippen LogP contribution in [0.15, 0.2) is 48.5 Å². The summed E-state index contributed by atoms with van der Waals surface area (Å²) in [5.41, 5.74) is 5.60. The second-order valence-corrected chi connectivity index (χ2v) is 7.80. The molecule has 0 fully saturated rings. The van der Waals surface area contributed by atoms with Crippen LogP contribution >= 0.6 is 0 Å². The van der Waals surface area contributed by atoms with E-state index in [0.29, 0.717) is 5.82 Å². The average Bonchev–Trinajstić information content (AvgIpc) is 3.03. The Balaban J connectivity index is 2.07. The number of carbonyl (C=O) groups is 1. The predicted octanol–water partition coefficient (Wildman–Crippen LogP) is 4.21. The average molecular weight is 360 g/mol. The second-order valence-electron chi connectivity index (χ2n) is 7.80. The standard InChI is InChI=1S/C22H24N4O/c1-14-10-12-15(13-11-14)18-19-22(2,3)24-16-8-6-7-9-17(16)26(19)20(23-18)21(27)25(4)5/h6-13,24H,1-5H3. The van der Waals surface area contributed by atoms with Gasteiger partial charge < -0.3 is 10.2 Å². The zero-order valence-electron chi connectivity index (χ0n) is 16.4. The minimum Gasteiger partial charge on any atom is -0.373 e. The Hall–Kier alpha value is -3.08. The van der Waals surface area contributed by atoms with Gasteiger partial charge in [-0.25, -0.2) is 4.98 Å². The minimum absolute atomic E-state index is 0.109. The molecule has 0 unspecified atom stereocenters. The molecule has 4 rings (SSSR count). The SMILES string of the molecule is Cc1ccc(-c2nc(C(=O)N(C)C)n3c2C(C)(C)Nc2ccccc2-3)cc1. The van der Waals surface area contributed by atoms with E-state index in [1.54, 1.807) is 19.0 Å². The molecule has 0 saturated heterocycles. The van der Waals surface area contributed by atoms with E-state index in [2.05, 4.69) is 50.4 Å². The Kier molecular flexibility index (Phi) is 3.84. The summed E-state index contributed by atoms with van der Waals surface area (Å²) in [4.78, 5) is 19.4. The number of amides is 1. The first-order valence-corrected chi connectivity index (χ1v) is 9.09. The fourth-order valence-electron chi connectivity index (χ4n) is 3.66. The summed E-state index contributed by atoms with van der Waals surface area (Å²) in [6.07, 6.45) is 0. The first-order valence-electron chi connectivity index (χ1n) is 9.09. The van der Waals surface area contributed by atoms with Crippen LogP contribution in [-0.4, -0.2) is 34.5 Å². The Morgan fingerprint density at radius 3 is 2.41 bits per heavy atom. The van der Waals surface area contributed by atoms with Crippen molar-refractivity contribution in [2.45, 2.75) is 26.3 Å². The van der Waals surface area contributed by atoms with Gasteiger partial charge in [0.2, 0.25) is 5.82 Å². The summed E-state index contributed by atoms with van der Waals surface area (Å²) >= 11 is 0. The van der Waals surface area contributed by atoms with Gasteiger partial charge in [0, 0.05) is 19.7 Å². The van der Waals surface area contributed by atoms with Crippen LogP contribution < -0.4 is 5.32 Å². The van der Waals surface area contributed by atoms with E-state index in [-0.39, 0.29) is 11.4 Å². The van der Waals surface area contributed by atoms with E-state index < -0.39 is 0 Å². The number of nitrogens with zero attached hydrogens (tertiary/aromatic N) is 3. The first kappa shape index (κ1) is 17.3. The van der Waals surface area contributed by atoms with Crippen LogP contribution in [0.3, 0.4) is 0 Å². The normalized spacial score (nSPS) is 14.1. The molecule has 1 aliphatic rings. The van der Waals surface area contributed by atoms with Crippen molar-refractivity contribution in [3.63, 3.8) is 0 Å². The van der Waals surface area contributed by atoms with E-state index >= 15 is 0 Å². The molecule has 5 heteroatoms. The van der Waals surface area contributed by atoms with Crippen molar-refractivity contribution in [3.8, 4) is 16.9 Å². The maximum Gasteiger partial charge on any atom is 0.289 e. The van der Waals surface area contributed by atoms with Crippen LogP contribution in [0.25, 0.3) is 16.9 Å². The van der Waals surface area contributed by atoms with Crippen molar-refractivity contribution >= 4 is 11.6 Å². The number of anilines is 1. The van der Waals surface area contributed by atoms with Gasteiger partial charge in [-0.15, -0.1) is 0 Å². The van der Waals surface area contributed by atoms with Crippen LogP contribution in [0.1, 0.15) is 35.7 Å². The van der Waals surface area contributed by atoms with Gasteiger partial charge in [0.15, 0.2) is 0 Å². The van der Waals surface area contributed by atoms with Gasteiger partial charge in [0.1, 0.15) is 0 Å². The highest BCUT2D eigenvalue weighted by Gasteiger charge is 2.38. The molecule has 0 aliphatic carbocycles. The molecule has 1 aliphatic heterocycles. The number of rotatable bonds is 2. The fraction of sp³-hybridized carbons (Fsp3) is 0.273. The summed E-state index contributed by atoms with van der Waals surface area (Å²) in [6.45, 7) is 6.31. The number of hydrogen-bond acceptors (Lipinski definition) is 3. The van der Waals surface area contributed by atoms with E-state index in [1.807, 2.05) is 28.8 Å². The summed E-state index contributed by atoms with van der Waals surface area (Å²) < 4.78 is 2.02. The van der Waals surface area contributed by atoms with Gasteiger partial charge in [-0.2, -0.15) is 0 Å². The fourth-order valence-corrected chi connectivity index (χ4v) is 3.66. The Labute approximate surface area is 159 Å². The Bertz CT molecular complexity index is 1030. The lowest BCUT2D eigenvalue weighted by Crippen LogP contribution is -2.36. The van der Waals surface area contributed by atoms with Crippen LogP contribution in [-0.2, 0) is 5.54 Å². The molecule has 0 radical (unpaired) electrons. The smallest absolute Gasteiger partial charge is 0.289 e. The molecule has 3 aromatic rings. The maximum atomic E-state index is 13.0. The molecule has 2 heterocycles. The number of aryl methyl sites for hydroxylation is 1. The van der Waals surface area contributed by atoms with Crippen LogP contribution in [0.2, 0.25) is 0 Å². The number of fused-ring (bicyclic) bond motifs is 3. The van der Waals surface area contributed by atoms with Crippen molar-refractivity contribution in [2.75, 3.05) is 19.4 Å². The van der Waals surface area contributed by atoms with Gasteiger partial charge >= 0.3 is 0 Å². The molecule has 5 nitrogen and oxygen atoms in total. The van der Waals surface area contributed by atoms with Gasteiger partial charge in [-0.1, -0.05) is 42.0 Å². The van der Waals surface area contributed by atoms with E-state index in [9.17, 15) is 4.79 Å². The van der Waals surface area contributed by atoms with Gasteiger partial charge in [-0.3, -0.25) is 9.36 Å². The molecule has 27 heavy (non-hydrogen) atoms. The Morgan fingerprint density at radius 2 is 1.74 bits per heavy atom. The molecule has 0 atom stereocenters. The van der Waals surface area contributed by atoms with Crippen LogP contribution in [0.4, 0.5) is 5.69 Å². The summed E-state index contributed by atoms with van der Waals surface area (Å²) in [7, 11) is 3.52. The summed E-state index contributed by atoms with van der Waals surface area (Å²) in [5, 5.41) is 3.61. The Morgan fingerprint density at radius 1 is 1.07 bits per heavy atom. The minimum atomic E-state index is -0.383. The van der Waals surface area contributed by atoms with Crippen molar-refractivity contribution in [3.05, 3.63) is 65.6 Å². The number of nitrogens with one attached hydrogen (secondary N) is 1. The molecule has 1 aromatic heterocycles. The molecule has 0 saturated carbocycles. The summed E-state index contributed by atoms with van der Waals surface area (Å²) in [6, 6.07) is 16.3. The number of carbonyl (C=O) groups excluding carboxylic acids is 1. The highest BCUT2D eigenvalue weighted by molar-refractivity contribution is 5.93. The van der Waals surface area contributed by atoms with Crippen molar-refractivity contribution in [2.24, 2.45) is 0 Å². The van der Waals surface area contributed by atoms with Gasteiger partial charge in [-0.05, 0) is 32.9 Å². The highest BCUT2D eigenvalue weighted by Crippen LogP contribution is 2.42. The lowest BCUT2D eigenvalue weighted by atomic mass is 9.92. The monoisotopic (exact) mass is 360 g/mol. The molecule has 1 N–H and O–H groups in total. The molecule has 0 spiro atoms. The molecular formula is C22H24N4O. The zero-order chi connectivity index (χ0) is 19.3. The van der Waals surface area contributed by atoms with E-state index in [0.717, 1.165) is 28.3 Å². The topological polar surface area (TPSA) is 50.2 Å². The number of aromatic nitrogens is 2. The lowest BCUT2D eigenvalue weighted by molar-refractivity contribution is 0.0813. The lowest BCUT2D eigenvalue weighted by Gasteiger charge is -2.36. The first-order chi connectivity index (χ1) is 12.8. The summed E-state index contributed by atoms with van der Waals surface area (Å²) in [5.74, 6) is 0.328. The number of para-hydroxylation sites is 2. The van der Waals surface area contributed by atoms with Crippen LogP contribution in [0.5, 0.6) is 0 Å². The van der Waals surface area contributed by atoms with E-state index in [1.165, 1.54) is 5.56 Å². The molecule has 0 bridgehead atoms. The van der Waals surface area contributed by atoms with Gasteiger partial charge in [0.05, 0.1) is 28.3 Å². The number of hydrogen-bond donors (Lipinski definition) is 1. The third kappa shape index (κ3) is 2.70. The van der Waals surface area contributed by atoms with Crippen molar-refractivity contribution in [1.29, 1.82) is 0 Å². The maximum absolute atomic E-state index is 13.0. The molecule has 2 aromatic carbocycles. The number of imidazole rings is 1. The van der Waals surface area contributed by atoms with Gasteiger partial charge in [0.25, 0.3) is 5.91 Å². The predicted molar refractivity (Wildman–Crippen MR) is 108 cm³/mol. The molecule has 1 amide bonds. The highest BCUT2D eigenvalue weighted by atomic mass is 16.2. The van der Waals surface area contributed by atoms with Crippen LogP contribution in [0, 0.1) is 6.92 Å². The number of benzene rings is 2. The third-order valence-corrected chi connectivity index (χ3v) is 4.98. The molecular weight excluding hydrogens is 336 g/mol. The van der Waals surface area contributed by atoms with Crippen molar-refractivity contribution < 1.29 is 4.79 Å².